The van der Waals surface area contributed by atoms with Crippen molar-refractivity contribution < 1.29 is 9.53 Å². The normalized spacial score (nSPS) is 14.7. The molecule has 1 fully saturated rings. The van der Waals surface area contributed by atoms with E-state index in [1.165, 1.54) is 0 Å². The van der Waals surface area contributed by atoms with E-state index in [1.54, 1.807) is 19.5 Å². The molecule has 0 radical (unpaired) electrons. The van der Waals surface area contributed by atoms with Gasteiger partial charge in [0.1, 0.15) is 5.75 Å². The lowest BCUT2D eigenvalue weighted by Crippen LogP contribution is -2.48. The zero-order valence-corrected chi connectivity index (χ0v) is 13.5. The number of benzene rings is 1. The molecule has 1 aliphatic heterocycles. The maximum absolute atomic E-state index is 12.8. The Morgan fingerprint density at radius 3 is 2.43 bits per heavy atom. The number of amides is 1. The van der Waals surface area contributed by atoms with Gasteiger partial charge in [-0.1, -0.05) is 11.6 Å². The van der Waals surface area contributed by atoms with Gasteiger partial charge in [-0.15, -0.1) is 0 Å². The van der Waals surface area contributed by atoms with E-state index in [2.05, 4.69) is 9.88 Å². The second-order valence-electron chi connectivity index (χ2n) is 5.69. The molecule has 0 bridgehead atoms. The molecule has 0 N–H and O–H groups in total. The van der Waals surface area contributed by atoms with Crippen molar-refractivity contribution in [2.45, 2.75) is 6.92 Å². The van der Waals surface area contributed by atoms with Gasteiger partial charge in [0.05, 0.1) is 12.7 Å². The predicted molar refractivity (Wildman–Crippen MR) is 90.1 cm³/mol. The van der Waals surface area contributed by atoms with E-state index in [1.807, 2.05) is 42.2 Å². The van der Waals surface area contributed by atoms with Crippen LogP contribution < -0.4 is 9.64 Å². The molecular weight excluding hydrogens is 290 g/mol. The number of rotatable bonds is 3. The first-order valence-electron chi connectivity index (χ1n) is 7.78. The molecule has 120 valence electrons. The van der Waals surface area contributed by atoms with Crippen molar-refractivity contribution in [3.05, 3.63) is 53.9 Å². The summed E-state index contributed by atoms with van der Waals surface area (Å²) in [7, 11) is 1.60. The van der Waals surface area contributed by atoms with Crippen LogP contribution in [0.25, 0.3) is 0 Å². The first kappa shape index (κ1) is 15.3. The Balaban J connectivity index is 1.70. The minimum absolute atomic E-state index is 0.0416. The third-order valence-corrected chi connectivity index (χ3v) is 4.18. The van der Waals surface area contributed by atoms with Gasteiger partial charge >= 0.3 is 0 Å². The van der Waals surface area contributed by atoms with E-state index >= 15 is 0 Å². The van der Waals surface area contributed by atoms with Gasteiger partial charge in [0.25, 0.3) is 5.91 Å². The summed E-state index contributed by atoms with van der Waals surface area (Å²) >= 11 is 0. The molecule has 5 heteroatoms. The lowest BCUT2D eigenvalue weighted by atomic mass is 10.1. The smallest absolute Gasteiger partial charge is 0.257 e. The number of carbonyl (C=O) groups is 1. The van der Waals surface area contributed by atoms with Crippen molar-refractivity contribution in [1.29, 1.82) is 0 Å². The van der Waals surface area contributed by atoms with E-state index < -0.39 is 0 Å². The maximum Gasteiger partial charge on any atom is 0.257 e. The number of hydrogen-bond acceptors (Lipinski definition) is 4. The fourth-order valence-corrected chi connectivity index (χ4v) is 2.88. The third kappa shape index (κ3) is 3.28. The summed E-state index contributed by atoms with van der Waals surface area (Å²) in [5.41, 5.74) is 2.86. The molecule has 3 rings (SSSR count). The predicted octanol–water partition coefficient (Wildman–Crippen LogP) is 2.36. The molecule has 1 aromatic carbocycles. The molecule has 2 heterocycles. The van der Waals surface area contributed by atoms with E-state index in [0.29, 0.717) is 24.4 Å². The highest BCUT2D eigenvalue weighted by Gasteiger charge is 2.24. The molecule has 1 aromatic heterocycles. The summed E-state index contributed by atoms with van der Waals surface area (Å²) in [5, 5.41) is 0. The zero-order valence-electron chi connectivity index (χ0n) is 13.5. The summed E-state index contributed by atoms with van der Waals surface area (Å²) in [6.07, 6.45) is 3.59. The maximum atomic E-state index is 12.8. The standard InChI is InChI=1S/C18H21N3O2/c1-14-3-4-17(23-2)16(13-14)18(22)21-11-9-20(10-12-21)15-5-7-19-8-6-15/h3-8,13H,9-12H2,1-2H3. The Labute approximate surface area is 136 Å². The highest BCUT2D eigenvalue weighted by Crippen LogP contribution is 2.23. The molecule has 1 amide bonds. The van der Waals surface area contributed by atoms with Gasteiger partial charge in [0.2, 0.25) is 0 Å². The summed E-state index contributed by atoms with van der Waals surface area (Å²) in [6.45, 7) is 5.04. The number of methoxy groups -OCH3 is 1. The lowest BCUT2D eigenvalue weighted by molar-refractivity contribution is 0.0743. The van der Waals surface area contributed by atoms with Crippen molar-refractivity contribution in [3.63, 3.8) is 0 Å². The van der Waals surface area contributed by atoms with Crippen molar-refractivity contribution in [1.82, 2.24) is 9.88 Å². The van der Waals surface area contributed by atoms with Crippen LogP contribution in [0.1, 0.15) is 15.9 Å². The van der Waals surface area contributed by atoms with Crippen molar-refractivity contribution in [2.24, 2.45) is 0 Å². The number of carbonyl (C=O) groups excluding carboxylic acids is 1. The van der Waals surface area contributed by atoms with E-state index in [4.69, 9.17) is 4.74 Å². The monoisotopic (exact) mass is 311 g/mol. The first-order valence-corrected chi connectivity index (χ1v) is 7.78. The number of hydrogen-bond donors (Lipinski definition) is 0. The highest BCUT2D eigenvalue weighted by atomic mass is 16.5. The van der Waals surface area contributed by atoms with Gasteiger partial charge in [-0.25, -0.2) is 0 Å². The van der Waals surface area contributed by atoms with Crippen LogP contribution in [0.3, 0.4) is 0 Å². The van der Waals surface area contributed by atoms with Gasteiger partial charge < -0.3 is 14.5 Å². The van der Waals surface area contributed by atoms with Gasteiger partial charge in [0.15, 0.2) is 0 Å². The van der Waals surface area contributed by atoms with Crippen LogP contribution in [0.4, 0.5) is 5.69 Å². The largest absolute Gasteiger partial charge is 0.496 e. The second kappa shape index (κ2) is 6.69. The minimum atomic E-state index is 0.0416. The number of nitrogens with zero attached hydrogens (tertiary/aromatic N) is 3. The molecule has 0 spiro atoms. The van der Waals surface area contributed by atoms with Crippen LogP contribution in [0.2, 0.25) is 0 Å². The molecule has 1 saturated heterocycles. The SMILES string of the molecule is COc1ccc(C)cc1C(=O)N1CCN(c2ccncc2)CC1. The Hall–Kier alpha value is -2.56. The molecule has 2 aromatic rings. The third-order valence-electron chi connectivity index (χ3n) is 4.18. The van der Waals surface area contributed by atoms with Gasteiger partial charge in [-0.05, 0) is 31.2 Å². The van der Waals surface area contributed by atoms with Crippen LogP contribution in [-0.4, -0.2) is 49.1 Å². The van der Waals surface area contributed by atoms with E-state index in [0.717, 1.165) is 24.3 Å². The molecule has 0 aliphatic carbocycles. The number of aryl methyl sites for hydroxylation is 1. The number of ether oxygens (including phenoxy) is 1. The number of aromatic nitrogens is 1. The van der Waals surface area contributed by atoms with Crippen molar-refractivity contribution in [3.8, 4) is 5.75 Å². The molecule has 0 unspecified atom stereocenters. The van der Waals surface area contributed by atoms with Gasteiger partial charge in [0, 0.05) is 44.3 Å². The summed E-state index contributed by atoms with van der Waals surface area (Å²) < 4.78 is 5.34. The van der Waals surface area contributed by atoms with Crippen molar-refractivity contribution in [2.75, 3.05) is 38.2 Å². The minimum Gasteiger partial charge on any atom is -0.496 e. The molecule has 1 aliphatic rings. The van der Waals surface area contributed by atoms with E-state index in [9.17, 15) is 4.79 Å². The quantitative estimate of drug-likeness (QED) is 0.873. The van der Waals surface area contributed by atoms with Crippen molar-refractivity contribution >= 4 is 11.6 Å². The molecule has 0 atom stereocenters. The van der Waals surface area contributed by atoms with Crippen LogP contribution >= 0.6 is 0 Å². The van der Waals surface area contributed by atoms with Crippen LogP contribution in [0.15, 0.2) is 42.7 Å². The fraction of sp³-hybridized carbons (Fsp3) is 0.333. The Bertz CT molecular complexity index is 680. The van der Waals surface area contributed by atoms with Crippen LogP contribution in [-0.2, 0) is 0 Å². The number of anilines is 1. The molecule has 23 heavy (non-hydrogen) atoms. The molecule has 0 saturated carbocycles. The molecular formula is C18H21N3O2. The zero-order chi connectivity index (χ0) is 16.2. The van der Waals surface area contributed by atoms with E-state index in [-0.39, 0.29) is 5.91 Å². The average Bonchev–Trinajstić information content (AvgIpc) is 2.62. The summed E-state index contributed by atoms with van der Waals surface area (Å²) in [4.78, 5) is 21.0. The Morgan fingerprint density at radius 2 is 1.78 bits per heavy atom. The summed E-state index contributed by atoms with van der Waals surface area (Å²) in [5.74, 6) is 0.678. The number of piperazine rings is 1. The molecule has 5 nitrogen and oxygen atoms in total. The number of pyridine rings is 1. The fourth-order valence-electron chi connectivity index (χ4n) is 2.88. The lowest BCUT2D eigenvalue weighted by Gasteiger charge is -2.36. The highest BCUT2D eigenvalue weighted by molar-refractivity contribution is 5.97. The van der Waals surface area contributed by atoms with Gasteiger partial charge in [-0.3, -0.25) is 9.78 Å². The Morgan fingerprint density at radius 1 is 1.09 bits per heavy atom. The Kier molecular flexibility index (Phi) is 4.46. The van der Waals surface area contributed by atoms with Crippen LogP contribution in [0.5, 0.6) is 5.75 Å². The van der Waals surface area contributed by atoms with Gasteiger partial charge in [-0.2, -0.15) is 0 Å². The summed E-state index contributed by atoms with van der Waals surface area (Å²) in [6, 6.07) is 9.71. The second-order valence-corrected chi connectivity index (χ2v) is 5.69. The first-order chi connectivity index (χ1) is 11.2. The average molecular weight is 311 g/mol. The van der Waals surface area contributed by atoms with Crippen LogP contribution in [0, 0.1) is 6.92 Å². The topological polar surface area (TPSA) is 45.7 Å².